The Kier molecular flexibility index (Phi) is 4.73. The Balaban J connectivity index is 2.72. The first kappa shape index (κ1) is 13.0. The van der Waals surface area contributed by atoms with E-state index >= 15 is 0 Å². The standard InChI is InChI=1S/C11H14BrNO3/c1-7(11(14)15)3-4-8-5-9(12)6-13-10(8)16-2/h5-7H,3-4H2,1-2H3,(H,14,15). The Bertz CT molecular complexity index is 381. The second-order valence-corrected chi connectivity index (χ2v) is 4.52. The summed E-state index contributed by atoms with van der Waals surface area (Å²) < 4.78 is 5.98. The molecule has 1 N–H and O–H groups in total. The molecule has 0 aliphatic rings. The molecule has 16 heavy (non-hydrogen) atoms. The van der Waals surface area contributed by atoms with Crippen molar-refractivity contribution < 1.29 is 14.6 Å². The molecule has 1 atom stereocenters. The van der Waals surface area contributed by atoms with Crippen molar-refractivity contribution in [1.29, 1.82) is 0 Å². The summed E-state index contributed by atoms with van der Waals surface area (Å²) in [5.41, 5.74) is 0.921. The van der Waals surface area contributed by atoms with Crippen LogP contribution in [0.1, 0.15) is 18.9 Å². The van der Waals surface area contributed by atoms with Crippen molar-refractivity contribution in [1.82, 2.24) is 4.98 Å². The second kappa shape index (κ2) is 5.84. The van der Waals surface area contributed by atoms with Crippen LogP contribution in [0.4, 0.5) is 0 Å². The molecule has 1 aromatic heterocycles. The van der Waals surface area contributed by atoms with Gasteiger partial charge in [0, 0.05) is 16.2 Å². The van der Waals surface area contributed by atoms with Gasteiger partial charge < -0.3 is 9.84 Å². The van der Waals surface area contributed by atoms with Crippen molar-refractivity contribution in [2.45, 2.75) is 19.8 Å². The molecule has 5 heteroatoms. The number of hydrogen-bond donors (Lipinski definition) is 1. The average molecular weight is 288 g/mol. The van der Waals surface area contributed by atoms with Crippen LogP contribution in [-0.2, 0) is 11.2 Å². The van der Waals surface area contributed by atoms with Gasteiger partial charge in [-0.05, 0) is 34.8 Å². The third-order valence-corrected chi connectivity index (χ3v) is 2.79. The van der Waals surface area contributed by atoms with E-state index in [4.69, 9.17) is 9.84 Å². The van der Waals surface area contributed by atoms with E-state index in [2.05, 4.69) is 20.9 Å². The van der Waals surface area contributed by atoms with Crippen LogP contribution in [0, 0.1) is 5.92 Å². The molecular formula is C11H14BrNO3. The monoisotopic (exact) mass is 287 g/mol. The topological polar surface area (TPSA) is 59.4 Å². The molecule has 0 fully saturated rings. The number of carboxylic acid groups (broad SMARTS) is 1. The highest BCUT2D eigenvalue weighted by Gasteiger charge is 2.13. The first-order valence-electron chi connectivity index (χ1n) is 4.95. The summed E-state index contributed by atoms with van der Waals surface area (Å²) in [6.45, 7) is 1.69. The quantitative estimate of drug-likeness (QED) is 0.904. The van der Waals surface area contributed by atoms with Gasteiger partial charge >= 0.3 is 5.97 Å². The SMILES string of the molecule is COc1ncc(Br)cc1CCC(C)C(=O)O. The number of pyridine rings is 1. The van der Waals surface area contributed by atoms with Gasteiger partial charge in [-0.3, -0.25) is 4.79 Å². The molecule has 0 radical (unpaired) electrons. The minimum absolute atomic E-state index is 0.358. The van der Waals surface area contributed by atoms with Crippen LogP contribution in [0.5, 0.6) is 5.88 Å². The third kappa shape index (κ3) is 3.48. The van der Waals surface area contributed by atoms with Gasteiger partial charge in [-0.25, -0.2) is 4.98 Å². The lowest BCUT2D eigenvalue weighted by Crippen LogP contribution is -2.10. The predicted octanol–water partition coefficient (Wildman–Crippen LogP) is 2.51. The Morgan fingerprint density at radius 1 is 1.69 bits per heavy atom. The van der Waals surface area contributed by atoms with Gasteiger partial charge in [0.2, 0.25) is 5.88 Å². The maximum atomic E-state index is 10.7. The zero-order chi connectivity index (χ0) is 12.1. The Morgan fingerprint density at radius 2 is 2.38 bits per heavy atom. The van der Waals surface area contributed by atoms with Crippen molar-refractivity contribution in [3.8, 4) is 5.88 Å². The predicted molar refractivity (Wildman–Crippen MR) is 63.6 cm³/mol. The van der Waals surface area contributed by atoms with Gasteiger partial charge in [0.05, 0.1) is 13.0 Å². The van der Waals surface area contributed by atoms with Gasteiger partial charge in [-0.15, -0.1) is 0 Å². The number of methoxy groups -OCH3 is 1. The maximum absolute atomic E-state index is 10.7. The minimum atomic E-state index is -0.776. The highest BCUT2D eigenvalue weighted by Crippen LogP contribution is 2.22. The fraction of sp³-hybridized carbons (Fsp3) is 0.455. The molecule has 0 amide bonds. The second-order valence-electron chi connectivity index (χ2n) is 3.60. The van der Waals surface area contributed by atoms with Crippen LogP contribution in [0.15, 0.2) is 16.7 Å². The van der Waals surface area contributed by atoms with Crippen molar-refractivity contribution in [3.05, 3.63) is 22.3 Å². The Morgan fingerprint density at radius 3 is 2.94 bits per heavy atom. The molecule has 0 spiro atoms. The number of aliphatic carboxylic acids is 1. The van der Waals surface area contributed by atoms with Crippen molar-refractivity contribution in [2.75, 3.05) is 7.11 Å². The number of carbonyl (C=O) groups is 1. The fourth-order valence-corrected chi connectivity index (χ4v) is 1.71. The molecule has 1 unspecified atom stereocenters. The van der Waals surface area contributed by atoms with E-state index in [1.165, 1.54) is 0 Å². The van der Waals surface area contributed by atoms with E-state index < -0.39 is 5.97 Å². The number of carboxylic acids is 1. The zero-order valence-electron chi connectivity index (χ0n) is 9.24. The zero-order valence-corrected chi connectivity index (χ0v) is 10.8. The first-order chi connectivity index (χ1) is 7.54. The molecule has 1 rings (SSSR count). The first-order valence-corrected chi connectivity index (χ1v) is 5.75. The molecule has 0 aliphatic carbocycles. The maximum Gasteiger partial charge on any atom is 0.306 e. The van der Waals surface area contributed by atoms with Gasteiger partial charge in [0.15, 0.2) is 0 Å². The number of ether oxygens (including phenoxy) is 1. The van der Waals surface area contributed by atoms with Crippen LogP contribution < -0.4 is 4.74 Å². The third-order valence-electron chi connectivity index (χ3n) is 2.35. The Labute approximate surface area is 103 Å². The molecule has 0 bridgehead atoms. The van der Waals surface area contributed by atoms with Crippen LogP contribution in [0.2, 0.25) is 0 Å². The van der Waals surface area contributed by atoms with Gasteiger partial charge in [0.1, 0.15) is 0 Å². The van der Waals surface area contributed by atoms with Crippen LogP contribution in [0.3, 0.4) is 0 Å². The number of nitrogens with zero attached hydrogens (tertiary/aromatic N) is 1. The molecule has 0 saturated carbocycles. The highest BCUT2D eigenvalue weighted by atomic mass is 79.9. The van der Waals surface area contributed by atoms with Crippen LogP contribution in [-0.4, -0.2) is 23.2 Å². The van der Waals surface area contributed by atoms with Gasteiger partial charge in [-0.1, -0.05) is 6.92 Å². The van der Waals surface area contributed by atoms with Gasteiger partial charge in [0.25, 0.3) is 0 Å². The number of halogens is 1. The molecule has 0 saturated heterocycles. The number of aromatic nitrogens is 1. The summed E-state index contributed by atoms with van der Waals surface area (Å²) in [6.07, 6.45) is 2.87. The summed E-state index contributed by atoms with van der Waals surface area (Å²) in [7, 11) is 1.56. The van der Waals surface area contributed by atoms with E-state index in [-0.39, 0.29) is 5.92 Å². The highest BCUT2D eigenvalue weighted by molar-refractivity contribution is 9.10. The fourth-order valence-electron chi connectivity index (χ4n) is 1.33. The average Bonchev–Trinajstić information content (AvgIpc) is 2.25. The van der Waals surface area contributed by atoms with E-state index in [1.807, 2.05) is 6.07 Å². The smallest absolute Gasteiger partial charge is 0.306 e. The van der Waals surface area contributed by atoms with Gasteiger partial charge in [-0.2, -0.15) is 0 Å². The summed E-state index contributed by atoms with van der Waals surface area (Å²) >= 11 is 3.33. The minimum Gasteiger partial charge on any atom is -0.481 e. The van der Waals surface area contributed by atoms with E-state index in [9.17, 15) is 4.79 Å². The molecular weight excluding hydrogens is 274 g/mol. The Hall–Kier alpha value is -1.10. The molecule has 88 valence electrons. The summed E-state index contributed by atoms with van der Waals surface area (Å²) in [4.78, 5) is 14.8. The van der Waals surface area contributed by atoms with Crippen molar-refractivity contribution in [3.63, 3.8) is 0 Å². The van der Waals surface area contributed by atoms with E-state index in [0.717, 1.165) is 10.0 Å². The number of aryl methyl sites for hydroxylation is 1. The summed E-state index contributed by atoms with van der Waals surface area (Å²) in [5, 5.41) is 8.78. The normalized spacial score (nSPS) is 12.2. The molecule has 1 heterocycles. The number of hydrogen-bond acceptors (Lipinski definition) is 3. The lowest BCUT2D eigenvalue weighted by atomic mass is 10.0. The van der Waals surface area contributed by atoms with Crippen LogP contribution >= 0.6 is 15.9 Å². The van der Waals surface area contributed by atoms with Crippen molar-refractivity contribution >= 4 is 21.9 Å². The molecule has 0 aliphatic heterocycles. The van der Waals surface area contributed by atoms with E-state index in [1.54, 1.807) is 20.2 Å². The van der Waals surface area contributed by atoms with Crippen molar-refractivity contribution in [2.24, 2.45) is 5.92 Å². The lowest BCUT2D eigenvalue weighted by molar-refractivity contribution is -0.141. The van der Waals surface area contributed by atoms with E-state index in [0.29, 0.717) is 18.7 Å². The lowest BCUT2D eigenvalue weighted by Gasteiger charge is -2.09. The van der Waals surface area contributed by atoms with Crippen LogP contribution in [0.25, 0.3) is 0 Å². The molecule has 0 aromatic carbocycles. The largest absolute Gasteiger partial charge is 0.481 e. The molecule has 1 aromatic rings. The summed E-state index contributed by atoms with van der Waals surface area (Å²) in [5.74, 6) is -0.577. The summed E-state index contributed by atoms with van der Waals surface area (Å²) in [6, 6.07) is 1.90. The number of rotatable bonds is 5. The molecule has 4 nitrogen and oxygen atoms in total.